The van der Waals surface area contributed by atoms with Crippen LogP contribution in [0.25, 0.3) is 21.5 Å². The van der Waals surface area contributed by atoms with Crippen molar-refractivity contribution in [1.29, 1.82) is 0 Å². The SMILES string of the molecule is CCN(CC)C(=O)C(C)Oc1cccc(C(C)Nc2cc(-c3ccc4ncsc4c3)nc(C)n2)c1. The van der Waals surface area contributed by atoms with Crippen molar-refractivity contribution >= 4 is 33.3 Å². The lowest BCUT2D eigenvalue weighted by molar-refractivity contribution is -0.137. The van der Waals surface area contributed by atoms with Crippen LogP contribution in [0, 0.1) is 6.92 Å². The molecule has 0 aliphatic rings. The Balaban J connectivity index is 1.50. The van der Waals surface area contributed by atoms with Gasteiger partial charge in [-0.25, -0.2) is 15.0 Å². The first-order valence-electron chi connectivity index (χ1n) is 11.9. The van der Waals surface area contributed by atoms with Gasteiger partial charge in [0.05, 0.1) is 27.5 Å². The normalized spacial score (nSPS) is 12.8. The predicted octanol–water partition coefficient (Wildman–Crippen LogP) is 5.87. The highest BCUT2D eigenvalue weighted by Crippen LogP contribution is 2.28. The molecule has 7 nitrogen and oxygen atoms in total. The number of aromatic nitrogens is 3. The lowest BCUT2D eigenvalue weighted by Crippen LogP contribution is -2.40. The van der Waals surface area contributed by atoms with Crippen LogP contribution in [0.2, 0.25) is 0 Å². The van der Waals surface area contributed by atoms with Crippen LogP contribution in [-0.4, -0.2) is 45.0 Å². The molecule has 2 unspecified atom stereocenters. The molecule has 0 saturated carbocycles. The van der Waals surface area contributed by atoms with E-state index in [2.05, 4.69) is 33.3 Å². The number of carbonyl (C=O) groups is 1. The zero-order valence-electron chi connectivity index (χ0n) is 20.8. The van der Waals surface area contributed by atoms with Gasteiger partial charge < -0.3 is 15.0 Å². The van der Waals surface area contributed by atoms with Crippen LogP contribution in [0.1, 0.15) is 45.1 Å². The Morgan fingerprint density at radius 2 is 1.89 bits per heavy atom. The molecule has 182 valence electrons. The second-order valence-electron chi connectivity index (χ2n) is 8.43. The van der Waals surface area contributed by atoms with Crippen molar-refractivity contribution in [3.8, 4) is 17.0 Å². The van der Waals surface area contributed by atoms with Gasteiger partial charge in [-0.1, -0.05) is 18.2 Å². The van der Waals surface area contributed by atoms with Crippen LogP contribution in [-0.2, 0) is 4.79 Å². The van der Waals surface area contributed by atoms with E-state index in [0.717, 1.165) is 32.9 Å². The average Bonchev–Trinajstić information content (AvgIpc) is 3.32. The lowest BCUT2D eigenvalue weighted by Gasteiger charge is -2.24. The zero-order valence-corrected chi connectivity index (χ0v) is 21.6. The van der Waals surface area contributed by atoms with E-state index in [9.17, 15) is 4.79 Å². The number of hydrogen-bond acceptors (Lipinski definition) is 7. The number of nitrogens with zero attached hydrogens (tertiary/aromatic N) is 4. The molecule has 0 aliphatic carbocycles. The second-order valence-corrected chi connectivity index (χ2v) is 9.32. The molecule has 2 aromatic carbocycles. The molecule has 1 amide bonds. The third-order valence-corrected chi connectivity index (χ3v) is 6.71. The number of amides is 1. The fraction of sp³-hybridized carbons (Fsp3) is 0.333. The highest BCUT2D eigenvalue weighted by molar-refractivity contribution is 7.16. The Hall–Kier alpha value is -3.52. The first-order chi connectivity index (χ1) is 16.9. The number of rotatable bonds is 9. The molecule has 4 rings (SSSR count). The maximum absolute atomic E-state index is 12.6. The van der Waals surface area contributed by atoms with E-state index < -0.39 is 6.10 Å². The molecule has 35 heavy (non-hydrogen) atoms. The molecule has 2 heterocycles. The van der Waals surface area contributed by atoms with E-state index in [0.29, 0.717) is 24.7 Å². The van der Waals surface area contributed by atoms with Crippen LogP contribution in [0.4, 0.5) is 5.82 Å². The quantitative estimate of drug-likeness (QED) is 0.317. The summed E-state index contributed by atoms with van der Waals surface area (Å²) in [5, 5.41) is 3.49. The van der Waals surface area contributed by atoms with E-state index in [1.165, 1.54) is 0 Å². The number of hydrogen-bond donors (Lipinski definition) is 1. The highest BCUT2D eigenvalue weighted by atomic mass is 32.1. The van der Waals surface area contributed by atoms with E-state index in [-0.39, 0.29) is 11.9 Å². The minimum atomic E-state index is -0.545. The number of likely N-dealkylation sites (N-methyl/N-ethyl adjacent to an activating group) is 1. The summed E-state index contributed by atoms with van der Waals surface area (Å²) in [6, 6.07) is 15.9. The Labute approximate surface area is 210 Å². The number of anilines is 1. The molecule has 2 atom stereocenters. The van der Waals surface area contributed by atoms with Gasteiger partial charge in [0.1, 0.15) is 17.4 Å². The van der Waals surface area contributed by atoms with Crippen molar-refractivity contribution in [3.05, 3.63) is 65.4 Å². The highest BCUT2D eigenvalue weighted by Gasteiger charge is 2.20. The third-order valence-electron chi connectivity index (χ3n) is 5.92. The van der Waals surface area contributed by atoms with Crippen molar-refractivity contribution in [2.75, 3.05) is 18.4 Å². The van der Waals surface area contributed by atoms with Gasteiger partial charge in [-0.2, -0.15) is 0 Å². The number of benzene rings is 2. The first kappa shape index (κ1) is 24.6. The van der Waals surface area contributed by atoms with Crippen molar-refractivity contribution in [3.63, 3.8) is 0 Å². The summed E-state index contributed by atoms with van der Waals surface area (Å²) in [6.07, 6.45) is -0.545. The molecule has 1 N–H and O–H groups in total. The maximum Gasteiger partial charge on any atom is 0.263 e. The number of nitrogens with one attached hydrogen (secondary N) is 1. The summed E-state index contributed by atoms with van der Waals surface area (Å²) < 4.78 is 7.11. The molecule has 0 aliphatic heterocycles. The number of ether oxygens (including phenoxy) is 1. The monoisotopic (exact) mass is 489 g/mol. The molecule has 4 aromatic rings. The van der Waals surface area contributed by atoms with Crippen molar-refractivity contribution in [1.82, 2.24) is 19.9 Å². The predicted molar refractivity (Wildman–Crippen MR) is 142 cm³/mol. The van der Waals surface area contributed by atoms with Crippen LogP contribution in [0.3, 0.4) is 0 Å². The number of carbonyl (C=O) groups excluding carboxylic acids is 1. The first-order valence-corrected chi connectivity index (χ1v) is 12.8. The standard InChI is InChI=1S/C27H31N5O2S/c1-6-32(7-2)27(33)18(4)34-22-10-8-9-20(13-22)17(3)29-26-15-24(30-19(5)31-26)21-11-12-23-25(14-21)35-16-28-23/h8-18H,6-7H2,1-5H3,(H,29,30,31). The zero-order chi connectivity index (χ0) is 24.9. The van der Waals surface area contributed by atoms with E-state index >= 15 is 0 Å². The topological polar surface area (TPSA) is 80.2 Å². The van der Waals surface area contributed by atoms with Crippen molar-refractivity contribution in [2.45, 2.75) is 46.8 Å². The molecule has 2 aromatic heterocycles. The van der Waals surface area contributed by atoms with Gasteiger partial charge in [0, 0.05) is 24.7 Å². The van der Waals surface area contributed by atoms with Crippen molar-refractivity contribution in [2.24, 2.45) is 0 Å². The van der Waals surface area contributed by atoms with Crippen molar-refractivity contribution < 1.29 is 9.53 Å². The molecule has 0 saturated heterocycles. The lowest BCUT2D eigenvalue weighted by atomic mass is 10.1. The van der Waals surface area contributed by atoms with Gasteiger partial charge in [-0.3, -0.25) is 4.79 Å². The van der Waals surface area contributed by atoms with Gasteiger partial charge in [0.25, 0.3) is 5.91 Å². The molecule has 0 bridgehead atoms. The fourth-order valence-corrected chi connectivity index (χ4v) is 4.73. The van der Waals surface area contributed by atoms with E-state index in [1.807, 2.05) is 68.7 Å². The van der Waals surface area contributed by atoms with Crippen LogP contribution in [0.5, 0.6) is 5.75 Å². The largest absolute Gasteiger partial charge is 0.481 e. The summed E-state index contributed by atoms with van der Waals surface area (Å²) in [5.41, 5.74) is 5.78. The number of thiazole rings is 1. The minimum absolute atomic E-state index is 0.00733. The fourth-order valence-electron chi connectivity index (χ4n) is 4.01. The Bertz CT molecular complexity index is 1320. The van der Waals surface area contributed by atoms with E-state index in [4.69, 9.17) is 4.74 Å². The Morgan fingerprint density at radius 1 is 1.09 bits per heavy atom. The average molecular weight is 490 g/mol. The molecular weight excluding hydrogens is 458 g/mol. The van der Waals surface area contributed by atoms with E-state index in [1.54, 1.807) is 23.2 Å². The molecule has 0 radical (unpaired) electrons. The smallest absolute Gasteiger partial charge is 0.263 e. The summed E-state index contributed by atoms with van der Waals surface area (Å²) in [7, 11) is 0. The van der Waals surface area contributed by atoms with Gasteiger partial charge in [0.2, 0.25) is 0 Å². The van der Waals surface area contributed by atoms with Crippen LogP contribution in [0.15, 0.2) is 54.0 Å². The summed E-state index contributed by atoms with van der Waals surface area (Å²) in [4.78, 5) is 28.0. The third kappa shape index (κ3) is 5.77. The summed E-state index contributed by atoms with van der Waals surface area (Å²) in [5.74, 6) is 2.11. The number of fused-ring (bicyclic) bond motifs is 1. The summed E-state index contributed by atoms with van der Waals surface area (Å²) in [6.45, 7) is 11.0. The van der Waals surface area contributed by atoms with Gasteiger partial charge in [-0.15, -0.1) is 11.3 Å². The molecule has 8 heteroatoms. The number of aryl methyl sites for hydroxylation is 1. The second kappa shape index (κ2) is 10.8. The Morgan fingerprint density at radius 3 is 2.66 bits per heavy atom. The molecule has 0 spiro atoms. The molecule has 0 fully saturated rings. The summed E-state index contributed by atoms with van der Waals surface area (Å²) >= 11 is 1.62. The molecular formula is C27H31N5O2S. The minimum Gasteiger partial charge on any atom is -0.481 e. The van der Waals surface area contributed by atoms with Gasteiger partial charge in [-0.05, 0) is 64.4 Å². The van der Waals surface area contributed by atoms with Crippen LogP contribution < -0.4 is 10.1 Å². The van der Waals surface area contributed by atoms with Gasteiger partial charge in [0.15, 0.2) is 6.10 Å². The Kier molecular flexibility index (Phi) is 7.60. The van der Waals surface area contributed by atoms with Gasteiger partial charge >= 0.3 is 0 Å². The maximum atomic E-state index is 12.6. The van der Waals surface area contributed by atoms with Crippen LogP contribution >= 0.6 is 11.3 Å².